The number of aromatic nitrogens is 5. The van der Waals surface area contributed by atoms with Gasteiger partial charge in [0.25, 0.3) is 0 Å². The van der Waals surface area contributed by atoms with Gasteiger partial charge in [0.15, 0.2) is 0 Å². The molecule has 3 aromatic heterocycles. The summed E-state index contributed by atoms with van der Waals surface area (Å²) in [5.41, 5.74) is 2.47. The van der Waals surface area contributed by atoms with Crippen LogP contribution in [0.5, 0.6) is 0 Å². The van der Waals surface area contributed by atoms with Crippen LogP contribution in [0.15, 0.2) is 54.1 Å². The number of aromatic amines is 1. The second-order valence-corrected chi connectivity index (χ2v) is 10.4. The van der Waals surface area contributed by atoms with Crippen molar-refractivity contribution in [3.05, 3.63) is 60.8 Å². The lowest BCUT2D eigenvalue weighted by Gasteiger charge is -2.35. The predicted molar refractivity (Wildman–Crippen MR) is 126 cm³/mol. The topological polar surface area (TPSA) is 100 Å². The number of nitrogens with zero attached hydrogens (tertiary/aromatic N) is 6. The number of fused-ring (bicyclic) bond motifs is 1. The maximum absolute atomic E-state index is 14.1. The molecule has 1 unspecified atom stereocenters. The van der Waals surface area contributed by atoms with Gasteiger partial charge in [-0.3, -0.25) is 9.58 Å². The fourth-order valence-corrected chi connectivity index (χ4v) is 5.90. The van der Waals surface area contributed by atoms with Gasteiger partial charge in [-0.1, -0.05) is 6.92 Å². The first-order chi connectivity index (χ1) is 16.9. The lowest BCUT2D eigenvalue weighted by molar-refractivity contribution is 0.160. The molecule has 4 heterocycles. The van der Waals surface area contributed by atoms with Crippen molar-refractivity contribution in [1.82, 2.24) is 33.9 Å². The van der Waals surface area contributed by atoms with Gasteiger partial charge < -0.3 is 4.98 Å². The van der Waals surface area contributed by atoms with Crippen molar-refractivity contribution in [2.45, 2.75) is 24.3 Å². The van der Waals surface area contributed by atoms with Gasteiger partial charge >= 0.3 is 0 Å². The third-order valence-corrected chi connectivity index (χ3v) is 8.32. The zero-order valence-electron chi connectivity index (χ0n) is 19.1. The van der Waals surface area contributed by atoms with Crippen molar-refractivity contribution in [3.63, 3.8) is 0 Å². The van der Waals surface area contributed by atoms with E-state index >= 15 is 0 Å². The van der Waals surface area contributed by atoms with Gasteiger partial charge in [0.2, 0.25) is 10.0 Å². The highest BCUT2D eigenvalue weighted by molar-refractivity contribution is 7.89. The molecule has 9 nitrogen and oxygen atoms in total. The molecule has 0 radical (unpaired) electrons. The molecular weight excluding hydrogens is 476 g/mol. The first-order valence-electron chi connectivity index (χ1n) is 11.4. The minimum atomic E-state index is -4.03. The Balaban J connectivity index is 1.25. The van der Waals surface area contributed by atoms with Gasteiger partial charge in [-0.25, -0.2) is 27.2 Å². The van der Waals surface area contributed by atoms with Gasteiger partial charge in [-0.05, 0) is 24.6 Å². The molecule has 1 fully saturated rings. The van der Waals surface area contributed by atoms with Crippen LogP contribution in [0.25, 0.3) is 22.3 Å². The van der Waals surface area contributed by atoms with E-state index in [2.05, 4.69) is 31.9 Å². The van der Waals surface area contributed by atoms with Crippen molar-refractivity contribution in [1.29, 1.82) is 0 Å². The van der Waals surface area contributed by atoms with E-state index < -0.39 is 26.6 Å². The Labute approximate surface area is 201 Å². The van der Waals surface area contributed by atoms with Crippen molar-refractivity contribution in [2.75, 3.05) is 32.7 Å². The molecule has 1 N–H and O–H groups in total. The first kappa shape index (κ1) is 23.5. The quantitative estimate of drug-likeness (QED) is 0.418. The van der Waals surface area contributed by atoms with Gasteiger partial charge in [-0.15, -0.1) is 0 Å². The van der Waals surface area contributed by atoms with E-state index in [4.69, 9.17) is 0 Å². The smallest absolute Gasteiger partial charge is 0.246 e. The molecule has 12 heteroatoms. The fraction of sp³-hybridized carbons (Fsp3) is 0.348. The van der Waals surface area contributed by atoms with Crippen LogP contribution in [0.2, 0.25) is 0 Å². The summed E-state index contributed by atoms with van der Waals surface area (Å²) in [6.07, 6.45) is 7.95. The number of hydrogen-bond donors (Lipinski definition) is 1. The zero-order chi connectivity index (χ0) is 24.6. The van der Waals surface area contributed by atoms with E-state index in [1.807, 2.05) is 23.1 Å². The van der Waals surface area contributed by atoms with Gasteiger partial charge in [0, 0.05) is 62.1 Å². The summed E-state index contributed by atoms with van der Waals surface area (Å²) < 4.78 is 56.2. The lowest BCUT2D eigenvalue weighted by Crippen LogP contribution is -2.49. The Morgan fingerprint density at radius 3 is 2.66 bits per heavy atom. The van der Waals surface area contributed by atoms with Gasteiger partial charge in [0.05, 0.1) is 17.9 Å². The van der Waals surface area contributed by atoms with Crippen molar-refractivity contribution in [3.8, 4) is 11.3 Å². The molecule has 1 saturated heterocycles. The third-order valence-electron chi connectivity index (χ3n) is 6.39. The Hall–Kier alpha value is -3.22. The minimum Gasteiger partial charge on any atom is -0.346 e. The fourth-order valence-electron chi connectivity index (χ4n) is 4.44. The van der Waals surface area contributed by atoms with Crippen LogP contribution in [0.4, 0.5) is 8.78 Å². The summed E-state index contributed by atoms with van der Waals surface area (Å²) in [6, 6.07) is 4.55. The highest BCUT2D eigenvalue weighted by atomic mass is 32.2. The molecule has 0 aliphatic carbocycles. The Morgan fingerprint density at radius 1 is 1.11 bits per heavy atom. The standard InChI is InChI=1S/C23H25F2N7O2S/c1-2-18(32-13-16(12-29-32)22-19-5-6-26-23(19)28-15-27-22)14-30-7-9-31(10-8-30)35(33,34)21-4-3-17(24)11-20(21)25/h3-6,11-13,15,18H,2,7-10,14H2,1H3,(H,26,27,28). The average molecular weight is 502 g/mol. The van der Waals surface area contributed by atoms with E-state index in [1.54, 1.807) is 6.20 Å². The second kappa shape index (κ2) is 9.44. The molecule has 1 aliphatic rings. The van der Waals surface area contributed by atoms with E-state index in [0.717, 1.165) is 40.8 Å². The predicted octanol–water partition coefficient (Wildman–Crippen LogP) is 3.06. The molecule has 35 heavy (non-hydrogen) atoms. The molecule has 1 atom stereocenters. The highest BCUT2D eigenvalue weighted by Crippen LogP contribution is 2.26. The molecule has 1 aliphatic heterocycles. The highest BCUT2D eigenvalue weighted by Gasteiger charge is 2.31. The van der Waals surface area contributed by atoms with Crippen LogP contribution in [-0.2, 0) is 10.0 Å². The molecule has 0 saturated carbocycles. The Morgan fingerprint density at radius 2 is 1.91 bits per heavy atom. The number of H-pyrrole nitrogens is 1. The van der Waals surface area contributed by atoms with Crippen LogP contribution in [0.3, 0.4) is 0 Å². The molecule has 1 aromatic carbocycles. The van der Waals surface area contributed by atoms with E-state index in [-0.39, 0.29) is 19.1 Å². The van der Waals surface area contributed by atoms with Crippen LogP contribution in [0.1, 0.15) is 19.4 Å². The number of piperazine rings is 1. The van der Waals surface area contributed by atoms with E-state index in [0.29, 0.717) is 25.7 Å². The van der Waals surface area contributed by atoms with Crippen molar-refractivity contribution in [2.24, 2.45) is 0 Å². The largest absolute Gasteiger partial charge is 0.346 e. The lowest BCUT2D eigenvalue weighted by atomic mass is 10.1. The Kier molecular flexibility index (Phi) is 6.34. The monoisotopic (exact) mass is 501 g/mol. The molecule has 0 amide bonds. The molecular formula is C23H25F2N7O2S. The van der Waals surface area contributed by atoms with E-state index in [1.165, 1.54) is 10.6 Å². The number of hydrogen-bond acceptors (Lipinski definition) is 6. The first-order valence-corrected chi connectivity index (χ1v) is 12.8. The molecule has 4 aromatic rings. The summed E-state index contributed by atoms with van der Waals surface area (Å²) in [7, 11) is -4.03. The summed E-state index contributed by atoms with van der Waals surface area (Å²) in [5.74, 6) is -1.88. The van der Waals surface area contributed by atoms with Gasteiger partial charge in [-0.2, -0.15) is 9.40 Å². The second-order valence-electron chi connectivity index (χ2n) is 8.51. The maximum atomic E-state index is 14.1. The summed E-state index contributed by atoms with van der Waals surface area (Å²) in [6.45, 7) is 4.24. The van der Waals surface area contributed by atoms with Gasteiger partial charge in [0.1, 0.15) is 28.5 Å². The molecule has 0 spiro atoms. The summed E-state index contributed by atoms with van der Waals surface area (Å²) >= 11 is 0. The number of benzene rings is 1. The number of nitrogens with one attached hydrogen (secondary N) is 1. The average Bonchev–Trinajstić information content (AvgIpc) is 3.52. The molecule has 184 valence electrons. The van der Waals surface area contributed by atoms with Crippen LogP contribution in [-0.4, -0.2) is 75.1 Å². The summed E-state index contributed by atoms with van der Waals surface area (Å²) in [4.78, 5) is 13.4. The Bertz CT molecular complexity index is 1450. The number of rotatable bonds is 7. The zero-order valence-corrected chi connectivity index (χ0v) is 19.9. The number of halogens is 2. The number of sulfonamides is 1. The SMILES string of the molecule is CCC(CN1CCN(S(=O)(=O)c2ccc(F)cc2F)CC1)n1cc(-c2ncnc3[nH]ccc23)cn1. The van der Waals surface area contributed by atoms with Crippen molar-refractivity contribution < 1.29 is 17.2 Å². The maximum Gasteiger partial charge on any atom is 0.246 e. The third kappa shape index (κ3) is 4.56. The summed E-state index contributed by atoms with van der Waals surface area (Å²) in [5, 5.41) is 5.50. The van der Waals surface area contributed by atoms with E-state index in [9.17, 15) is 17.2 Å². The van der Waals surface area contributed by atoms with Crippen molar-refractivity contribution >= 4 is 21.1 Å². The normalized spacial score (nSPS) is 16.7. The molecule has 0 bridgehead atoms. The van der Waals surface area contributed by atoms with Crippen LogP contribution < -0.4 is 0 Å². The molecule has 5 rings (SSSR count). The minimum absolute atomic E-state index is 0.0880. The van der Waals surface area contributed by atoms with Crippen LogP contribution >= 0.6 is 0 Å². The van der Waals surface area contributed by atoms with Crippen LogP contribution in [0, 0.1) is 11.6 Å².